The third kappa shape index (κ3) is 43.6. The van der Waals surface area contributed by atoms with Crippen LogP contribution in [0.2, 0.25) is 0 Å². The van der Waals surface area contributed by atoms with E-state index in [1.165, 1.54) is 6.92 Å². The third-order valence-electron chi connectivity index (χ3n) is 1.07. The Hall–Kier alpha value is -1.05. The van der Waals surface area contributed by atoms with Gasteiger partial charge in [-0.25, -0.2) is 4.79 Å². The quantitative estimate of drug-likeness (QED) is 0.135. The molecule has 112 valence electrons. The SMILES string of the molecule is CCOC(=O)/C=C/[O-].CCOC(C)=O.CCOC=O.[Na+]. The molecule has 0 unspecified atom stereocenters. The Kier molecular flexibility index (Phi) is 36.2. The van der Waals surface area contributed by atoms with Crippen LogP contribution in [0, 0.1) is 0 Å². The Morgan fingerprint density at radius 1 is 1.05 bits per heavy atom. The smallest absolute Gasteiger partial charge is 0.878 e. The summed E-state index contributed by atoms with van der Waals surface area (Å²) in [5.41, 5.74) is 0. The summed E-state index contributed by atoms with van der Waals surface area (Å²) in [5, 5.41) is 9.53. The van der Waals surface area contributed by atoms with Gasteiger partial charge < -0.3 is 19.3 Å². The summed E-state index contributed by atoms with van der Waals surface area (Å²) in [5.74, 6) is -0.792. The van der Waals surface area contributed by atoms with Gasteiger partial charge in [0.15, 0.2) is 0 Å². The topological polar surface area (TPSA) is 102 Å². The average molecular weight is 300 g/mol. The van der Waals surface area contributed by atoms with Gasteiger partial charge in [-0.2, -0.15) is 0 Å². The van der Waals surface area contributed by atoms with E-state index in [-0.39, 0.29) is 35.5 Å². The van der Waals surface area contributed by atoms with E-state index in [0.29, 0.717) is 32.6 Å². The summed E-state index contributed by atoms with van der Waals surface area (Å²) < 4.78 is 12.9. The summed E-state index contributed by atoms with van der Waals surface area (Å²) in [6.07, 6.45) is 1.24. The van der Waals surface area contributed by atoms with Crippen LogP contribution in [-0.2, 0) is 28.6 Å². The van der Waals surface area contributed by atoms with Crippen molar-refractivity contribution in [2.24, 2.45) is 0 Å². The number of carbonyl (C=O) groups is 3. The van der Waals surface area contributed by atoms with E-state index >= 15 is 0 Å². The van der Waals surface area contributed by atoms with E-state index in [9.17, 15) is 19.5 Å². The zero-order chi connectivity index (χ0) is 15.5. The maximum absolute atomic E-state index is 10.1. The van der Waals surface area contributed by atoms with Crippen molar-refractivity contribution in [2.75, 3.05) is 19.8 Å². The number of rotatable bonds is 5. The number of esters is 2. The Morgan fingerprint density at radius 3 is 1.70 bits per heavy atom. The minimum Gasteiger partial charge on any atom is -0.878 e. The molecule has 0 fully saturated rings. The Balaban J connectivity index is -0.0000000966. The monoisotopic (exact) mass is 300 g/mol. The summed E-state index contributed by atoms with van der Waals surface area (Å²) >= 11 is 0. The average Bonchev–Trinajstić information content (AvgIpc) is 2.32. The Morgan fingerprint density at radius 2 is 1.55 bits per heavy atom. The van der Waals surface area contributed by atoms with Gasteiger partial charge in [0.05, 0.1) is 19.8 Å². The van der Waals surface area contributed by atoms with Crippen LogP contribution >= 0.6 is 0 Å². The van der Waals surface area contributed by atoms with Crippen molar-refractivity contribution in [2.45, 2.75) is 27.7 Å². The zero-order valence-electron chi connectivity index (χ0n) is 12.7. The summed E-state index contributed by atoms with van der Waals surface area (Å²) in [6.45, 7) is 8.30. The first-order valence-corrected chi connectivity index (χ1v) is 5.63. The van der Waals surface area contributed by atoms with Gasteiger partial charge in [-0.15, -0.1) is 6.26 Å². The van der Waals surface area contributed by atoms with Crippen LogP contribution in [0.4, 0.5) is 0 Å². The molecule has 0 saturated heterocycles. The van der Waals surface area contributed by atoms with Gasteiger partial charge in [0.1, 0.15) is 0 Å². The molecule has 0 spiro atoms. The van der Waals surface area contributed by atoms with Crippen molar-refractivity contribution in [3.05, 3.63) is 12.3 Å². The van der Waals surface area contributed by atoms with Crippen molar-refractivity contribution in [1.82, 2.24) is 0 Å². The number of ether oxygens (including phenoxy) is 3. The molecule has 7 nitrogen and oxygen atoms in total. The molecular formula is C12H21NaO7. The number of hydrogen-bond acceptors (Lipinski definition) is 7. The van der Waals surface area contributed by atoms with Crippen LogP contribution in [0.5, 0.6) is 0 Å². The second-order valence-electron chi connectivity index (χ2n) is 2.53. The first-order chi connectivity index (χ1) is 8.99. The summed E-state index contributed by atoms with van der Waals surface area (Å²) in [4.78, 5) is 29.1. The van der Waals surface area contributed by atoms with Crippen LogP contribution < -0.4 is 34.7 Å². The largest absolute Gasteiger partial charge is 1.00 e. The first-order valence-electron chi connectivity index (χ1n) is 5.63. The van der Waals surface area contributed by atoms with Crippen molar-refractivity contribution >= 4 is 18.4 Å². The fourth-order valence-electron chi connectivity index (χ4n) is 0.517. The predicted molar refractivity (Wildman–Crippen MR) is 65.8 cm³/mol. The molecule has 8 heteroatoms. The van der Waals surface area contributed by atoms with Crippen molar-refractivity contribution < 1.29 is 63.3 Å². The third-order valence-corrected chi connectivity index (χ3v) is 1.07. The second-order valence-corrected chi connectivity index (χ2v) is 2.53. The minimum atomic E-state index is -0.581. The van der Waals surface area contributed by atoms with E-state index in [0.717, 1.165) is 6.08 Å². The van der Waals surface area contributed by atoms with Gasteiger partial charge in [-0.05, 0) is 20.8 Å². The molecule has 0 aliphatic rings. The molecule has 0 aromatic rings. The maximum Gasteiger partial charge on any atom is 1.00 e. The first kappa shape index (κ1) is 27.3. The molecule has 0 atom stereocenters. The van der Waals surface area contributed by atoms with Gasteiger partial charge in [0, 0.05) is 13.0 Å². The number of carbonyl (C=O) groups excluding carboxylic acids is 3. The molecule has 0 amide bonds. The second kappa shape index (κ2) is 26.5. The molecule has 0 aromatic carbocycles. The van der Waals surface area contributed by atoms with Gasteiger partial charge >= 0.3 is 41.5 Å². The van der Waals surface area contributed by atoms with E-state index in [1.807, 2.05) is 0 Å². The maximum atomic E-state index is 10.1. The molecule has 0 bridgehead atoms. The normalized spacial score (nSPS) is 7.80. The zero-order valence-corrected chi connectivity index (χ0v) is 14.7. The molecule has 0 aliphatic carbocycles. The molecule has 0 heterocycles. The fraction of sp³-hybridized carbons (Fsp3) is 0.583. The summed E-state index contributed by atoms with van der Waals surface area (Å²) in [7, 11) is 0. The molecular weight excluding hydrogens is 279 g/mol. The van der Waals surface area contributed by atoms with Crippen molar-refractivity contribution in [3.63, 3.8) is 0 Å². The van der Waals surface area contributed by atoms with Gasteiger partial charge in [-0.1, -0.05) is 0 Å². The van der Waals surface area contributed by atoms with E-state index in [4.69, 9.17) is 0 Å². The van der Waals surface area contributed by atoms with Crippen LogP contribution in [0.15, 0.2) is 12.3 Å². The van der Waals surface area contributed by atoms with Gasteiger partial charge in [0.25, 0.3) is 6.47 Å². The summed E-state index contributed by atoms with van der Waals surface area (Å²) in [6, 6.07) is 0. The molecule has 0 saturated carbocycles. The molecule has 0 rings (SSSR count). The van der Waals surface area contributed by atoms with Gasteiger partial charge in [-0.3, -0.25) is 9.59 Å². The van der Waals surface area contributed by atoms with Crippen molar-refractivity contribution in [3.8, 4) is 0 Å². The molecule has 0 aromatic heterocycles. The fourth-order valence-corrected chi connectivity index (χ4v) is 0.517. The Labute approximate surface area is 141 Å². The van der Waals surface area contributed by atoms with Crippen LogP contribution in [0.1, 0.15) is 27.7 Å². The van der Waals surface area contributed by atoms with Crippen LogP contribution in [0.3, 0.4) is 0 Å². The van der Waals surface area contributed by atoms with Crippen molar-refractivity contribution in [1.29, 1.82) is 0 Å². The van der Waals surface area contributed by atoms with E-state index < -0.39 is 5.97 Å². The van der Waals surface area contributed by atoms with Crippen LogP contribution in [0.25, 0.3) is 0 Å². The van der Waals surface area contributed by atoms with Crippen LogP contribution in [-0.4, -0.2) is 38.2 Å². The van der Waals surface area contributed by atoms with Gasteiger partial charge in [0.2, 0.25) is 0 Å². The number of hydrogen-bond donors (Lipinski definition) is 0. The molecule has 0 aliphatic heterocycles. The standard InChI is InChI=1S/C5H8O3.C4H8O2.C3H6O2.Na/c1-2-8-5(7)3-4-6;1-3-6-4(2)5;1-2-5-3-4;/h3-4,6H,2H2,1H3;3H2,1-2H3;3H,2H2,1H3;/q;;;+1/p-1/b4-3+;;;. The minimum absolute atomic E-state index is 0. The van der Waals surface area contributed by atoms with E-state index in [2.05, 4.69) is 14.2 Å². The molecule has 20 heavy (non-hydrogen) atoms. The predicted octanol–water partition coefficient (Wildman–Crippen LogP) is -2.82. The van der Waals surface area contributed by atoms with E-state index in [1.54, 1.807) is 20.8 Å². The molecule has 0 N–H and O–H groups in total. The molecule has 0 radical (unpaired) electrons. The Bertz CT molecular complexity index is 254.